The lowest BCUT2D eigenvalue weighted by molar-refractivity contribution is 0.0191. The van der Waals surface area contributed by atoms with E-state index in [0.717, 1.165) is 65.2 Å². The Kier molecular flexibility index (Phi) is 5.26. The van der Waals surface area contributed by atoms with Gasteiger partial charge in [0.05, 0.1) is 13.2 Å². The number of morpholine rings is 1. The molecule has 0 aliphatic carbocycles. The van der Waals surface area contributed by atoms with Crippen molar-refractivity contribution in [2.24, 2.45) is 0 Å². The monoisotopic (exact) mass is 255 g/mol. The van der Waals surface area contributed by atoms with Crippen LogP contribution in [0.25, 0.3) is 0 Å². The van der Waals surface area contributed by atoms with Gasteiger partial charge in [0.25, 0.3) is 0 Å². The minimum absolute atomic E-state index is 0.110. The van der Waals surface area contributed by atoms with Crippen molar-refractivity contribution in [1.29, 1.82) is 0 Å². The first-order valence-electron chi connectivity index (χ1n) is 7.16. The highest BCUT2D eigenvalue weighted by molar-refractivity contribution is 5.74. The van der Waals surface area contributed by atoms with Gasteiger partial charge in [0.1, 0.15) is 0 Å². The number of amides is 2. The van der Waals surface area contributed by atoms with Gasteiger partial charge in [0.2, 0.25) is 0 Å². The molecule has 2 fully saturated rings. The molecule has 2 saturated heterocycles. The fourth-order valence-electron chi connectivity index (χ4n) is 2.65. The van der Waals surface area contributed by atoms with E-state index >= 15 is 0 Å². The van der Waals surface area contributed by atoms with Gasteiger partial charge in [-0.3, -0.25) is 4.90 Å². The van der Waals surface area contributed by atoms with Gasteiger partial charge in [0.15, 0.2) is 0 Å². The van der Waals surface area contributed by atoms with E-state index in [1.807, 2.05) is 4.90 Å². The van der Waals surface area contributed by atoms with Crippen LogP contribution < -0.4 is 5.32 Å². The summed E-state index contributed by atoms with van der Waals surface area (Å²) in [6.07, 6.45) is 3.28. The molecule has 18 heavy (non-hydrogen) atoms. The fraction of sp³-hybridized carbons (Fsp3) is 0.923. The molecular weight excluding hydrogens is 230 g/mol. The molecule has 0 saturated carbocycles. The van der Waals surface area contributed by atoms with Gasteiger partial charge in [-0.05, 0) is 12.8 Å². The first-order chi connectivity index (χ1) is 8.81. The Hall–Kier alpha value is -0.810. The van der Waals surface area contributed by atoms with Crippen molar-refractivity contribution in [1.82, 2.24) is 15.1 Å². The van der Waals surface area contributed by atoms with Gasteiger partial charge in [-0.1, -0.05) is 13.3 Å². The van der Waals surface area contributed by atoms with Crippen LogP contribution in [0.1, 0.15) is 26.2 Å². The molecule has 2 aliphatic heterocycles. The molecule has 0 bridgehead atoms. The van der Waals surface area contributed by atoms with Gasteiger partial charge >= 0.3 is 6.03 Å². The molecule has 2 amide bonds. The lowest BCUT2D eigenvalue weighted by atomic mass is 10.2. The second kappa shape index (κ2) is 6.95. The number of urea groups is 1. The molecule has 0 aromatic heterocycles. The summed E-state index contributed by atoms with van der Waals surface area (Å²) in [5, 5.41) is 2.99. The van der Waals surface area contributed by atoms with Gasteiger partial charge in [0, 0.05) is 38.8 Å². The Labute approximate surface area is 109 Å². The van der Waals surface area contributed by atoms with Crippen LogP contribution in [0.2, 0.25) is 0 Å². The summed E-state index contributed by atoms with van der Waals surface area (Å²) >= 11 is 0. The number of rotatable bonds is 4. The second-order valence-corrected chi connectivity index (χ2v) is 5.12. The summed E-state index contributed by atoms with van der Waals surface area (Å²) < 4.78 is 5.36. The van der Waals surface area contributed by atoms with E-state index in [1.165, 1.54) is 0 Å². The number of carbonyl (C=O) groups is 1. The molecule has 0 aromatic rings. The summed E-state index contributed by atoms with van der Waals surface area (Å²) in [6.45, 7) is 8.38. The average molecular weight is 255 g/mol. The Morgan fingerprint density at radius 3 is 2.83 bits per heavy atom. The molecular formula is C13H25N3O2. The maximum Gasteiger partial charge on any atom is 0.317 e. The molecule has 2 aliphatic rings. The minimum Gasteiger partial charge on any atom is -0.379 e. The first kappa shape index (κ1) is 13.6. The van der Waals surface area contributed by atoms with Gasteiger partial charge in [-0.25, -0.2) is 4.79 Å². The SMILES string of the molecule is CCCCNC(=O)N1CCC(N2CCOCC2)C1. The predicted molar refractivity (Wildman–Crippen MR) is 70.7 cm³/mol. The molecule has 1 atom stereocenters. The standard InChI is InChI=1S/C13H25N3O2/c1-2-3-5-14-13(17)16-6-4-12(11-16)15-7-9-18-10-8-15/h12H,2-11H2,1H3,(H,14,17). The highest BCUT2D eigenvalue weighted by Gasteiger charge is 2.30. The smallest absolute Gasteiger partial charge is 0.317 e. The topological polar surface area (TPSA) is 44.8 Å². The molecule has 2 rings (SSSR count). The Balaban J connectivity index is 1.71. The summed E-state index contributed by atoms with van der Waals surface area (Å²) in [5.41, 5.74) is 0. The molecule has 0 spiro atoms. The van der Waals surface area contributed by atoms with Crippen molar-refractivity contribution < 1.29 is 9.53 Å². The number of unbranched alkanes of at least 4 members (excludes halogenated alkanes) is 1. The molecule has 1 unspecified atom stereocenters. The van der Waals surface area contributed by atoms with Crippen molar-refractivity contribution in [2.45, 2.75) is 32.2 Å². The number of nitrogens with one attached hydrogen (secondary N) is 1. The molecule has 104 valence electrons. The summed E-state index contributed by atoms with van der Waals surface area (Å²) in [6, 6.07) is 0.644. The Morgan fingerprint density at radius 1 is 1.33 bits per heavy atom. The lowest BCUT2D eigenvalue weighted by Gasteiger charge is -2.32. The van der Waals surface area contributed by atoms with Crippen molar-refractivity contribution in [3.63, 3.8) is 0 Å². The van der Waals surface area contributed by atoms with Crippen molar-refractivity contribution >= 4 is 6.03 Å². The van der Waals surface area contributed by atoms with Crippen LogP contribution in [0.15, 0.2) is 0 Å². The molecule has 0 radical (unpaired) electrons. The number of hydrogen-bond donors (Lipinski definition) is 1. The van der Waals surface area contributed by atoms with E-state index in [-0.39, 0.29) is 6.03 Å². The second-order valence-electron chi connectivity index (χ2n) is 5.12. The molecule has 5 heteroatoms. The summed E-state index contributed by atoms with van der Waals surface area (Å²) in [7, 11) is 0. The van der Waals surface area contributed by atoms with E-state index < -0.39 is 0 Å². The van der Waals surface area contributed by atoms with Gasteiger partial charge in [-0.15, -0.1) is 0 Å². The molecule has 2 heterocycles. The average Bonchev–Trinajstić information content (AvgIpc) is 2.89. The van der Waals surface area contributed by atoms with Crippen LogP contribution in [-0.2, 0) is 4.74 Å². The van der Waals surface area contributed by atoms with E-state index in [9.17, 15) is 4.79 Å². The fourth-order valence-corrected chi connectivity index (χ4v) is 2.65. The van der Waals surface area contributed by atoms with E-state index in [2.05, 4.69) is 17.1 Å². The summed E-state index contributed by atoms with van der Waals surface area (Å²) in [4.78, 5) is 16.3. The molecule has 5 nitrogen and oxygen atoms in total. The highest BCUT2D eigenvalue weighted by Crippen LogP contribution is 2.16. The van der Waals surface area contributed by atoms with E-state index in [4.69, 9.17) is 4.74 Å². The third kappa shape index (κ3) is 3.59. The number of nitrogens with zero attached hydrogens (tertiary/aromatic N) is 2. The third-order valence-corrected chi connectivity index (χ3v) is 3.82. The normalized spacial score (nSPS) is 25.4. The Morgan fingerprint density at radius 2 is 2.11 bits per heavy atom. The lowest BCUT2D eigenvalue weighted by Crippen LogP contribution is -2.46. The van der Waals surface area contributed by atoms with Crippen LogP contribution in [0.5, 0.6) is 0 Å². The molecule has 1 N–H and O–H groups in total. The zero-order valence-electron chi connectivity index (χ0n) is 11.4. The summed E-state index contributed by atoms with van der Waals surface area (Å²) in [5.74, 6) is 0. The zero-order valence-corrected chi connectivity index (χ0v) is 11.4. The Bertz CT molecular complexity index is 267. The van der Waals surface area contributed by atoms with Crippen LogP contribution >= 0.6 is 0 Å². The maximum absolute atomic E-state index is 11.9. The maximum atomic E-state index is 11.9. The van der Waals surface area contributed by atoms with Crippen LogP contribution in [-0.4, -0.2) is 67.8 Å². The molecule has 0 aromatic carbocycles. The quantitative estimate of drug-likeness (QED) is 0.759. The number of ether oxygens (including phenoxy) is 1. The van der Waals surface area contributed by atoms with E-state index in [1.54, 1.807) is 0 Å². The van der Waals surface area contributed by atoms with Gasteiger partial charge < -0.3 is 15.0 Å². The van der Waals surface area contributed by atoms with Crippen molar-refractivity contribution in [3.8, 4) is 0 Å². The largest absolute Gasteiger partial charge is 0.379 e. The van der Waals surface area contributed by atoms with Gasteiger partial charge in [-0.2, -0.15) is 0 Å². The third-order valence-electron chi connectivity index (χ3n) is 3.82. The van der Waals surface area contributed by atoms with Crippen molar-refractivity contribution in [2.75, 3.05) is 45.9 Å². The first-order valence-corrected chi connectivity index (χ1v) is 7.16. The van der Waals surface area contributed by atoms with Crippen molar-refractivity contribution in [3.05, 3.63) is 0 Å². The number of hydrogen-bond acceptors (Lipinski definition) is 3. The zero-order chi connectivity index (χ0) is 12.8. The highest BCUT2D eigenvalue weighted by atomic mass is 16.5. The van der Waals surface area contributed by atoms with E-state index in [0.29, 0.717) is 6.04 Å². The van der Waals surface area contributed by atoms with Crippen LogP contribution in [0, 0.1) is 0 Å². The minimum atomic E-state index is 0.110. The number of likely N-dealkylation sites (tertiary alicyclic amines) is 1. The van der Waals surface area contributed by atoms with Crippen LogP contribution in [0.4, 0.5) is 4.79 Å². The number of carbonyl (C=O) groups excluding carboxylic acids is 1. The predicted octanol–water partition coefficient (Wildman–Crippen LogP) is 0.903. The van der Waals surface area contributed by atoms with Crippen LogP contribution in [0.3, 0.4) is 0 Å².